The van der Waals surface area contributed by atoms with E-state index in [0.29, 0.717) is 16.9 Å². The highest BCUT2D eigenvalue weighted by molar-refractivity contribution is 5.92. The molecular weight excluding hydrogens is 366 g/mol. The molecule has 0 saturated carbocycles. The molecule has 3 rings (SSSR count). The van der Waals surface area contributed by atoms with Gasteiger partial charge in [0.05, 0.1) is 11.6 Å². The maximum atomic E-state index is 12.5. The minimum atomic E-state index is -0.556. The van der Waals surface area contributed by atoms with E-state index in [9.17, 15) is 9.59 Å². The Kier molecular flexibility index (Phi) is 7.00. The third kappa shape index (κ3) is 5.94. The zero-order valence-electron chi connectivity index (χ0n) is 16.2. The second-order valence-corrected chi connectivity index (χ2v) is 6.53. The number of hydrogen-bond acceptors (Lipinski definition) is 4. The van der Waals surface area contributed by atoms with Crippen LogP contribution in [0.5, 0.6) is 5.75 Å². The van der Waals surface area contributed by atoms with Gasteiger partial charge in [-0.15, -0.1) is 0 Å². The number of amides is 1. The predicted octanol–water partition coefficient (Wildman–Crippen LogP) is 4.30. The average Bonchev–Trinajstić information content (AvgIpc) is 2.77. The van der Waals surface area contributed by atoms with Crippen molar-refractivity contribution in [3.8, 4) is 5.75 Å². The number of para-hydroxylation sites is 1. The number of benzene rings is 3. The minimum Gasteiger partial charge on any atom is -0.489 e. The summed E-state index contributed by atoms with van der Waals surface area (Å²) in [5.41, 5.74) is 2.06. The third-order valence-electron chi connectivity index (χ3n) is 4.39. The Morgan fingerprint density at radius 1 is 0.862 bits per heavy atom. The summed E-state index contributed by atoms with van der Waals surface area (Å²) in [6.07, 6.45) is 0. The first-order valence-corrected chi connectivity index (χ1v) is 9.40. The lowest BCUT2D eigenvalue weighted by Gasteiger charge is -2.15. The van der Waals surface area contributed by atoms with Gasteiger partial charge in [0.15, 0.2) is 6.61 Å². The summed E-state index contributed by atoms with van der Waals surface area (Å²) in [7, 11) is 0. The molecule has 0 fully saturated rings. The van der Waals surface area contributed by atoms with Crippen molar-refractivity contribution in [3.63, 3.8) is 0 Å². The van der Waals surface area contributed by atoms with Gasteiger partial charge in [-0.2, -0.15) is 0 Å². The number of carbonyl (C=O) groups is 2. The van der Waals surface area contributed by atoms with Crippen molar-refractivity contribution in [2.24, 2.45) is 0 Å². The topological polar surface area (TPSA) is 64.6 Å². The Bertz CT molecular complexity index is 941. The Labute approximate surface area is 170 Å². The normalized spacial score (nSPS) is 11.3. The maximum Gasteiger partial charge on any atom is 0.339 e. The Hall–Kier alpha value is -3.60. The molecule has 1 amide bonds. The summed E-state index contributed by atoms with van der Waals surface area (Å²) in [6, 6.07) is 25.8. The lowest BCUT2D eigenvalue weighted by Crippen LogP contribution is -2.31. The van der Waals surface area contributed by atoms with Gasteiger partial charge in [-0.05, 0) is 30.7 Å². The van der Waals surface area contributed by atoms with Gasteiger partial charge in [-0.1, -0.05) is 66.7 Å². The Morgan fingerprint density at radius 2 is 1.48 bits per heavy atom. The first-order chi connectivity index (χ1) is 14.1. The van der Waals surface area contributed by atoms with Crippen molar-refractivity contribution in [2.75, 3.05) is 6.61 Å². The number of nitrogens with one attached hydrogen (secondary N) is 1. The fraction of sp³-hybridized carbons (Fsp3) is 0.167. The molecule has 0 unspecified atom stereocenters. The van der Waals surface area contributed by atoms with Crippen LogP contribution in [0.15, 0.2) is 84.9 Å². The molecule has 0 aromatic heterocycles. The monoisotopic (exact) mass is 389 g/mol. The highest BCUT2D eigenvalue weighted by atomic mass is 16.5. The van der Waals surface area contributed by atoms with Gasteiger partial charge in [0.25, 0.3) is 5.91 Å². The molecule has 1 atom stereocenters. The number of carbonyl (C=O) groups excluding carboxylic acids is 2. The predicted molar refractivity (Wildman–Crippen MR) is 110 cm³/mol. The van der Waals surface area contributed by atoms with E-state index >= 15 is 0 Å². The van der Waals surface area contributed by atoms with Crippen LogP contribution >= 0.6 is 0 Å². The first kappa shape index (κ1) is 20.1. The molecule has 29 heavy (non-hydrogen) atoms. The molecule has 0 spiro atoms. The Morgan fingerprint density at radius 3 is 2.21 bits per heavy atom. The third-order valence-corrected chi connectivity index (χ3v) is 4.39. The van der Waals surface area contributed by atoms with Crippen molar-refractivity contribution < 1.29 is 19.1 Å². The summed E-state index contributed by atoms with van der Waals surface area (Å²) in [4.78, 5) is 24.6. The molecule has 0 aliphatic carbocycles. The van der Waals surface area contributed by atoms with E-state index in [2.05, 4.69) is 5.32 Å². The molecule has 5 heteroatoms. The van der Waals surface area contributed by atoms with Crippen LogP contribution in [0.2, 0.25) is 0 Å². The van der Waals surface area contributed by atoms with E-state index in [4.69, 9.17) is 9.47 Å². The zero-order chi connectivity index (χ0) is 20.5. The van der Waals surface area contributed by atoms with Crippen molar-refractivity contribution >= 4 is 11.9 Å². The molecule has 0 heterocycles. The summed E-state index contributed by atoms with van der Waals surface area (Å²) in [5.74, 6) is -0.197. The van der Waals surface area contributed by atoms with Crippen LogP contribution in [0.1, 0.15) is 34.5 Å². The molecule has 3 aromatic rings. The van der Waals surface area contributed by atoms with Crippen molar-refractivity contribution in [1.82, 2.24) is 5.32 Å². The molecule has 0 aliphatic heterocycles. The van der Waals surface area contributed by atoms with E-state index < -0.39 is 5.97 Å². The summed E-state index contributed by atoms with van der Waals surface area (Å²) in [5, 5.41) is 2.82. The van der Waals surface area contributed by atoms with Gasteiger partial charge in [-0.3, -0.25) is 4.79 Å². The fourth-order valence-corrected chi connectivity index (χ4v) is 2.84. The van der Waals surface area contributed by atoms with Gasteiger partial charge in [0, 0.05) is 5.56 Å². The first-order valence-electron chi connectivity index (χ1n) is 9.40. The second kappa shape index (κ2) is 10.1. The summed E-state index contributed by atoms with van der Waals surface area (Å²) < 4.78 is 10.9. The lowest BCUT2D eigenvalue weighted by atomic mass is 10.1. The molecule has 0 saturated heterocycles. The molecule has 0 aliphatic rings. The zero-order valence-corrected chi connectivity index (χ0v) is 16.2. The number of hydrogen-bond donors (Lipinski definition) is 1. The number of esters is 1. The summed E-state index contributed by atoms with van der Waals surface area (Å²) >= 11 is 0. The minimum absolute atomic E-state index is 0.172. The van der Waals surface area contributed by atoms with Gasteiger partial charge >= 0.3 is 5.97 Å². The van der Waals surface area contributed by atoms with Crippen LogP contribution < -0.4 is 10.1 Å². The van der Waals surface area contributed by atoms with Gasteiger partial charge in [0.1, 0.15) is 12.4 Å². The van der Waals surface area contributed by atoms with E-state index in [0.717, 1.165) is 5.56 Å². The molecular formula is C24H23NO4. The molecule has 3 aromatic carbocycles. The van der Waals surface area contributed by atoms with Gasteiger partial charge in [0.2, 0.25) is 0 Å². The lowest BCUT2D eigenvalue weighted by molar-refractivity contribution is -0.124. The standard InChI is InChI=1S/C24H23NO4/c1-18(19-10-4-2-5-11-19)25-23(26)17-29-24(27)22-15-9-8-12-20(22)16-28-21-13-6-3-7-14-21/h2-15,18H,16-17H2,1H3,(H,25,26)/t18-/m1/s1. The van der Waals surface area contributed by atoms with Crippen molar-refractivity contribution in [3.05, 3.63) is 102 Å². The maximum absolute atomic E-state index is 12.5. The smallest absolute Gasteiger partial charge is 0.339 e. The van der Waals surface area contributed by atoms with Crippen LogP contribution in [-0.2, 0) is 16.1 Å². The summed E-state index contributed by atoms with van der Waals surface area (Å²) in [6.45, 7) is 1.77. The molecule has 0 bridgehead atoms. The van der Waals surface area contributed by atoms with Crippen LogP contribution in [0, 0.1) is 0 Å². The number of ether oxygens (including phenoxy) is 2. The Balaban J connectivity index is 1.54. The van der Waals surface area contributed by atoms with Gasteiger partial charge < -0.3 is 14.8 Å². The fourth-order valence-electron chi connectivity index (χ4n) is 2.84. The van der Waals surface area contributed by atoms with E-state index in [1.165, 1.54) is 0 Å². The highest BCUT2D eigenvalue weighted by Gasteiger charge is 2.16. The molecule has 0 radical (unpaired) electrons. The van der Waals surface area contributed by atoms with Crippen LogP contribution in [0.25, 0.3) is 0 Å². The largest absolute Gasteiger partial charge is 0.489 e. The highest BCUT2D eigenvalue weighted by Crippen LogP contribution is 2.16. The number of rotatable bonds is 8. The van der Waals surface area contributed by atoms with Gasteiger partial charge in [-0.25, -0.2) is 4.79 Å². The van der Waals surface area contributed by atoms with E-state index in [1.807, 2.05) is 73.7 Å². The average molecular weight is 389 g/mol. The van der Waals surface area contributed by atoms with E-state index in [1.54, 1.807) is 18.2 Å². The molecule has 1 N–H and O–H groups in total. The van der Waals surface area contributed by atoms with Crippen LogP contribution in [-0.4, -0.2) is 18.5 Å². The molecule has 5 nitrogen and oxygen atoms in total. The van der Waals surface area contributed by atoms with Crippen molar-refractivity contribution in [1.29, 1.82) is 0 Å². The van der Waals surface area contributed by atoms with Crippen molar-refractivity contribution in [2.45, 2.75) is 19.6 Å². The van der Waals surface area contributed by atoms with Crippen LogP contribution in [0.3, 0.4) is 0 Å². The quantitative estimate of drug-likeness (QED) is 0.584. The van der Waals surface area contributed by atoms with Crippen LogP contribution in [0.4, 0.5) is 0 Å². The van der Waals surface area contributed by atoms with E-state index in [-0.39, 0.29) is 25.2 Å². The second-order valence-electron chi connectivity index (χ2n) is 6.53. The SMILES string of the molecule is C[C@@H](NC(=O)COC(=O)c1ccccc1COc1ccccc1)c1ccccc1. The molecule has 148 valence electrons.